The predicted molar refractivity (Wildman–Crippen MR) is 169 cm³/mol. The molecule has 3 aliphatic rings. The second-order valence-electron chi connectivity index (χ2n) is 12.4. The van der Waals surface area contributed by atoms with Crippen molar-refractivity contribution in [3.63, 3.8) is 0 Å². The molecule has 3 aromatic rings. The van der Waals surface area contributed by atoms with E-state index in [2.05, 4.69) is 5.32 Å². The van der Waals surface area contributed by atoms with Crippen molar-refractivity contribution >= 4 is 29.3 Å². The van der Waals surface area contributed by atoms with E-state index in [1.54, 1.807) is 36.4 Å². The summed E-state index contributed by atoms with van der Waals surface area (Å²) in [6.45, 7) is -0.0127. The first-order valence-corrected chi connectivity index (χ1v) is 16.2. The molecule has 252 valence electrons. The Morgan fingerprint density at radius 1 is 0.875 bits per heavy atom. The highest BCUT2D eigenvalue weighted by Crippen LogP contribution is 2.39. The van der Waals surface area contributed by atoms with Crippen LogP contribution in [0.2, 0.25) is 0 Å². The van der Waals surface area contributed by atoms with Gasteiger partial charge in [0, 0.05) is 43.1 Å². The molecule has 6 rings (SSSR count). The Morgan fingerprint density at radius 2 is 1.62 bits per heavy atom. The average Bonchev–Trinajstić information content (AvgIpc) is 3.39. The highest BCUT2D eigenvalue weighted by Gasteiger charge is 2.40. The predicted octanol–water partition coefficient (Wildman–Crippen LogP) is 6.61. The van der Waals surface area contributed by atoms with Crippen LogP contribution in [0.4, 0.5) is 19.3 Å². The van der Waals surface area contributed by atoms with Crippen molar-refractivity contribution in [1.82, 2.24) is 4.90 Å². The molecule has 1 atom stereocenters. The molecule has 0 spiro atoms. The number of carbonyl (C=O) groups excluding carboxylic acids is 4. The molecule has 0 saturated heterocycles. The van der Waals surface area contributed by atoms with Gasteiger partial charge in [-0.25, -0.2) is 13.6 Å². The monoisotopic (exact) mass is 662 g/mol. The van der Waals surface area contributed by atoms with Crippen LogP contribution in [0.3, 0.4) is 0 Å². The minimum absolute atomic E-state index is 0.0587. The lowest BCUT2D eigenvalue weighted by Crippen LogP contribution is -2.42. The second kappa shape index (κ2) is 14.5. The zero-order valence-corrected chi connectivity index (χ0v) is 26.2. The Hall–Kier alpha value is -4.84. The van der Waals surface area contributed by atoms with E-state index >= 15 is 0 Å². The average molecular weight is 663 g/mol. The second-order valence-corrected chi connectivity index (χ2v) is 12.4. The molecule has 0 aromatic heterocycles. The van der Waals surface area contributed by atoms with Gasteiger partial charge in [-0.2, -0.15) is 0 Å². The molecule has 2 amide bonds. The molecular formula is C36H36F2N2O8. The number of ketones is 2. The highest BCUT2D eigenvalue weighted by molar-refractivity contribution is 6.04. The normalized spacial score (nSPS) is 21.3. The number of fused-ring (bicyclic) bond motifs is 1. The smallest absolute Gasteiger partial charge is 0.411 e. The van der Waals surface area contributed by atoms with Crippen molar-refractivity contribution in [3.8, 4) is 17.2 Å². The summed E-state index contributed by atoms with van der Waals surface area (Å²) in [5, 5.41) is 12.6. The van der Waals surface area contributed by atoms with Gasteiger partial charge in [0.15, 0.2) is 17.4 Å². The molecule has 1 unspecified atom stereocenters. The van der Waals surface area contributed by atoms with E-state index in [1.165, 1.54) is 11.0 Å². The van der Waals surface area contributed by atoms with Gasteiger partial charge in [-0.3, -0.25) is 19.7 Å². The number of halogens is 2. The summed E-state index contributed by atoms with van der Waals surface area (Å²) < 4.78 is 44.2. The van der Waals surface area contributed by atoms with Crippen molar-refractivity contribution in [1.29, 1.82) is 0 Å². The van der Waals surface area contributed by atoms with Crippen LogP contribution in [-0.4, -0.2) is 51.8 Å². The third-order valence-corrected chi connectivity index (χ3v) is 8.98. The molecular weight excluding hydrogens is 626 g/mol. The number of aliphatic hydroxyl groups excluding tert-OH is 1. The van der Waals surface area contributed by atoms with Crippen LogP contribution in [0.25, 0.3) is 0 Å². The molecule has 1 aliphatic heterocycles. The van der Waals surface area contributed by atoms with Crippen LogP contribution in [0.1, 0.15) is 79.3 Å². The number of amides is 2. The van der Waals surface area contributed by atoms with Crippen molar-refractivity contribution in [2.45, 2.75) is 89.2 Å². The highest BCUT2D eigenvalue weighted by atomic mass is 19.2. The van der Waals surface area contributed by atoms with Crippen molar-refractivity contribution in [2.24, 2.45) is 0 Å². The largest absolute Gasteiger partial charge is 0.489 e. The molecule has 1 heterocycles. The number of anilines is 1. The van der Waals surface area contributed by atoms with Crippen molar-refractivity contribution < 1.29 is 47.3 Å². The van der Waals surface area contributed by atoms with Crippen LogP contribution in [-0.2, 0) is 27.5 Å². The molecule has 12 heteroatoms. The number of carbonyl (C=O) groups is 4. The van der Waals surface area contributed by atoms with E-state index in [0.29, 0.717) is 72.4 Å². The van der Waals surface area contributed by atoms with Gasteiger partial charge in [-0.15, -0.1) is 0 Å². The van der Waals surface area contributed by atoms with E-state index < -0.39 is 29.9 Å². The SMILES string of the molecule is O=C1CCCC(=O)C(N2Cc3ccc(COC(=O)Nc4ccc(Oc5ccc(F)c(F)c5)cc4)c(OC4CCC(O)CC4)c3C2=O)CC1. The Morgan fingerprint density at radius 3 is 2.38 bits per heavy atom. The minimum Gasteiger partial charge on any atom is -0.489 e. The van der Waals surface area contributed by atoms with Crippen molar-refractivity contribution in [2.75, 3.05) is 5.32 Å². The number of nitrogens with one attached hydrogen (secondary N) is 1. The minimum atomic E-state index is -1.03. The molecule has 2 N–H and O–H groups in total. The standard InChI is InChI=1S/C36H36F2N2O8/c37-29-16-15-28(18-30(29)38)47-26-11-6-23(7-12-26)39-36(45)46-20-22-5-4-21-19-40(31-17-10-24(41)2-1-3-32(31)43)35(44)33(21)34(22)48-27-13-8-25(42)9-14-27/h4-7,11-12,15-16,18,25,27,31,42H,1-3,8-10,13-14,17,19-20H2,(H,39,45). The van der Waals surface area contributed by atoms with E-state index in [4.69, 9.17) is 14.2 Å². The van der Waals surface area contributed by atoms with Crippen LogP contribution < -0.4 is 14.8 Å². The number of nitrogens with zero attached hydrogens (tertiary/aromatic N) is 1. The first-order chi connectivity index (χ1) is 23.1. The number of aliphatic hydroxyl groups is 1. The van der Waals surface area contributed by atoms with Crippen LogP contribution in [0.15, 0.2) is 54.6 Å². The fourth-order valence-electron chi connectivity index (χ4n) is 6.38. The van der Waals surface area contributed by atoms with Crippen LogP contribution in [0.5, 0.6) is 17.2 Å². The quantitative estimate of drug-likeness (QED) is 0.275. The Labute approximate surface area is 276 Å². The first-order valence-electron chi connectivity index (χ1n) is 16.2. The van der Waals surface area contributed by atoms with E-state index in [0.717, 1.165) is 12.1 Å². The van der Waals surface area contributed by atoms with Gasteiger partial charge in [0.2, 0.25) is 0 Å². The molecule has 2 saturated carbocycles. The van der Waals surface area contributed by atoms with Gasteiger partial charge in [-0.05, 0) is 80.5 Å². The zero-order valence-electron chi connectivity index (χ0n) is 26.2. The third-order valence-electron chi connectivity index (χ3n) is 8.98. The van der Waals surface area contributed by atoms with Gasteiger partial charge < -0.3 is 24.2 Å². The summed E-state index contributed by atoms with van der Waals surface area (Å²) in [6, 6.07) is 12.2. The molecule has 3 aromatic carbocycles. The first kappa shape index (κ1) is 33.1. The molecule has 0 radical (unpaired) electrons. The Balaban J connectivity index is 1.15. The van der Waals surface area contributed by atoms with Crippen LogP contribution >= 0.6 is 0 Å². The molecule has 48 heavy (non-hydrogen) atoms. The molecule has 2 fully saturated rings. The van der Waals surface area contributed by atoms with Gasteiger partial charge in [0.1, 0.15) is 29.6 Å². The number of Topliss-reactive ketones (excluding diaryl/α,β-unsaturated/α-hetero) is 2. The summed E-state index contributed by atoms with van der Waals surface area (Å²) in [6.07, 6.45) is 2.46. The fraction of sp³-hybridized carbons (Fsp3) is 0.389. The van der Waals surface area contributed by atoms with E-state index in [1.807, 2.05) is 0 Å². The maximum atomic E-state index is 13.9. The number of hydrogen-bond donors (Lipinski definition) is 2. The van der Waals surface area contributed by atoms with E-state index in [-0.39, 0.29) is 61.7 Å². The molecule has 2 aliphatic carbocycles. The zero-order chi connectivity index (χ0) is 33.8. The lowest BCUT2D eigenvalue weighted by atomic mass is 9.94. The lowest BCUT2D eigenvalue weighted by Gasteiger charge is -2.29. The van der Waals surface area contributed by atoms with E-state index in [9.17, 15) is 33.1 Å². The van der Waals surface area contributed by atoms with Gasteiger partial charge in [0.25, 0.3) is 5.91 Å². The summed E-state index contributed by atoms with van der Waals surface area (Å²) in [5.74, 6) is -1.61. The maximum absolute atomic E-state index is 13.9. The molecule has 0 bridgehead atoms. The summed E-state index contributed by atoms with van der Waals surface area (Å²) in [4.78, 5) is 53.5. The topological polar surface area (TPSA) is 131 Å². The summed E-state index contributed by atoms with van der Waals surface area (Å²) >= 11 is 0. The maximum Gasteiger partial charge on any atom is 0.411 e. The number of hydrogen-bond acceptors (Lipinski definition) is 8. The summed E-state index contributed by atoms with van der Waals surface area (Å²) in [7, 11) is 0. The lowest BCUT2D eigenvalue weighted by molar-refractivity contribution is -0.126. The number of rotatable bonds is 8. The van der Waals surface area contributed by atoms with Gasteiger partial charge >= 0.3 is 6.09 Å². The summed E-state index contributed by atoms with van der Waals surface area (Å²) in [5.41, 5.74) is 1.86. The third kappa shape index (κ3) is 7.65. The fourth-order valence-corrected chi connectivity index (χ4v) is 6.38. The number of benzene rings is 3. The van der Waals surface area contributed by atoms with Crippen LogP contribution in [0, 0.1) is 11.6 Å². The van der Waals surface area contributed by atoms with Crippen molar-refractivity contribution in [3.05, 3.63) is 82.9 Å². The Kier molecular flexibility index (Phi) is 10.00. The van der Waals surface area contributed by atoms with Gasteiger partial charge in [-0.1, -0.05) is 12.1 Å². The molecule has 10 nitrogen and oxygen atoms in total. The Bertz CT molecular complexity index is 1700. The van der Waals surface area contributed by atoms with Gasteiger partial charge in [0.05, 0.1) is 23.8 Å². The number of ether oxygens (including phenoxy) is 3.